The molecule has 9 rings (SSSR count). The molecular weight excluding hydrogens is 606 g/mol. The van der Waals surface area contributed by atoms with Crippen molar-refractivity contribution < 1.29 is 33.4 Å². The van der Waals surface area contributed by atoms with E-state index in [4.69, 9.17) is 9.47 Å². The Morgan fingerprint density at radius 1 is 0.542 bits per heavy atom. The van der Waals surface area contributed by atoms with Crippen LogP contribution in [0.4, 0.5) is 5.69 Å². The molecule has 0 spiro atoms. The molecule has 1 fully saturated rings. The smallest absolute Gasteiger partial charge is 0.343 e. The van der Waals surface area contributed by atoms with Crippen LogP contribution in [0.15, 0.2) is 127 Å². The number of esters is 2. The first-order valence-electron chi connectivity index (χ1n) is 15.6. The summed E-state index contributed by atoms with van der Waals surface area (Å²) in [5.41, 5.74) is 5.01. The van der Waals surface area contributed by atoms with Crippen LogP contribution in [0.2, 0.25) is 0 Å². The fourth-order valence-electron chi connectivity index (χ4n) is 7.50. The quantitative estimate of drug-likeness (QED) is 0.0891. The Labute approximate surface area is 275 Å². The maximum absolute atomic E-state index is 14.2. The first kappa shape index (κ1) is 29.3. The minimum atomic E-state index is -0.836. The van der Waals surface area contributed by atoms with Gasteiger partial charge >= 0.3 is 11.9 Å². The van der Waals surface area contributed by atoms with Crippen molar-refractivity contribution in [2.75, 3.05) is 11.5 Å². The predicted molar refractivity (Wildman–Crippen MR) is 175 cm³/mol. The Morgan fingerprint density at radius 2 is 1.04 bits per heavy atom. The second kappa shape index (κ2) is 11.6. The number of rotatable bonds is 7. The van der Waals surface area contributed by atoms with Crippen LogP contribution in [0.5, 0.6) is 5.75 Å². The van der Waals surface area contributed by atoms with Crippen molar-refractivity contribution in [3.05, 3.63) is 166 Å². The number of carbonyl (C=O) groups excluding carboxylic acids is 5. The summed E-state index contributed by atoms with van der Waals surface area (Å²) in [6, 6.07) is 36.7. The van der Waals surface area contributed by atoms with E-state index in [0.29, 0.717) is 5.56 Å². The highest BCUT2D eigenvalue weighted by molar-refractivity contribution is 6.25. The SMILES string of the molecule is O=C(COC(=O)c1ccccc1N1C(=O)C2C3c4ccccc4C(c4ccccc43)C2C1=O)c1ccc(OC(=O)c2ccccc2)cc1. The molecule has 5 aromatic carbocycles. The summed E-state index contributed by atoms with van der Waals surface area (Å²) < 4.78 is 10.8. The molecule has 2 atom stereocenters. The molecule has 4 aliphatic rings. The second-order valence-corrected chi connectivity index (χ2v) is 12.1. The number of imide groups is 1. The molecular formula is C40H27NO7. The van der Waals surface area contributed by atoms with Gasteiger partial charge in [-0.25, -0.2) is 14.5 Å². The molecule has 2 bridgehead atoms. The summed E-state index contributed by atoms with van der Waals surface area (Å²) in [6.45, 7) is -0.571. The molecule has 8 nitrogen and oxygen atoms in total. The van der Waals surface area contributed by atoms with Crippen molar-refractivity contribution in [3.63, 3.8) is 0 Å². The fourth-order valence-corrected chi connectivity index (χ4v) is 7.50. The van der Waals surface area contributed by atoms with E-state index < -0.39 is 36.2 Å². The molecule has 1 saturated heterocycles. The van der Waals surface area contributed by atoms with Gasteiger partial charge in [-0.1, -0.05) is 78.9 Å². The van der Waals surface area contributed by atoms with Crippen LogP contribution in [0.3, 0.4) is 0 Å². The van der Waals surface area contributed by atoms with Crippen LogP contribution in [0, 0.1) is 11.8 Å². The average Bonchev–Trinajstić information content (AvgIpc) is 3.40. The van der Waals surface area contributed by atoms with Crippen LogP contribution in [0.1, 0.15) is 65.2 Å². The minimum Gasteiger partial charge on any atom is -0.454 e. The third kappa shape index (κ3) is 4.64. The van der Waals surface area contributed by atoms with Gasteiger partial charge in [0.2, 0.25) is 11.8 Å². The van der Waals surface area contributed by atoms with Crippen LogP contribution >= 0.6 is 0 Å². The van der Waals surface area contributed by atoms with Gasteiger partial charge in [-0.2, -0.15) is 0 Å². The molecule has 48 heavy (non-hydrogen) atoms. The molecule has 8 heteroatoms. The topological polar surface area (TPSA) is 107 Å². The summed E-state index contributed by atoms with van der Waals surface area (Å²) in [5.74, 6) is -4.06. The Hall–Kier alpha value is -6.15. The zero-order chi connectivity index (χ0) is 32.9. The maximum Gasteiger partial charge on any atom is 0.343 e. The van der Waals surface area contributed by atoms with Gasteiger partial charge in [-0.15, -0.1) is 0 Å². The molecule has 3 aliphatic carbocycles. The number of para-hydroxylation sites is 1. The van der Waals surface area contributed by atoms with Crippen molar-refractivity contribution in [1.29, 1.82) is 0 Å². The third-order valence-electron chi connectivity index (χ3n) is 9.54. The normalized spacial score (nSPS) is 20.0. The van der Waals surface area contributed by atoms with E-state index in [0.717, 1.165) is 27.2 Å². The summed E-state index contributed by atoms with van der Waals surface area (Å²) >= 11 is 0. The van der Waals surface area contributed by atoms with E-state index in [1.807, 2.05) is 48.5 Å². The molecule has 234 valence electrons. The number of hydrogen-bond donors (Lipinski definition) is 0. The van der Waals surface area contributed by atoms with Gasteiger partial charge in [0, 0.05) is 17.4 Å². The maximum atomic E-state index is 14.2. The van der Waals surface area contributed by atoms with E-state index in [1.54, 1.807) is 48.5 Å². The van der Waals surface area contributed by atoms with Crippen molar-refractivity contribution >= 4 is 35.2 Å². The zero-order valence-electron chi connectivity index (χ0n) is 25.4. The Balaban J connectivity index is 1.00. The Bertz CT molecular complexity index is 2020. The molecule has 0 N–H and O–H groups in total. The Morgan fingerprint density at radius 3 is 1.60 bits per heavy atom. The number of anilines is 1. The van der Waals surface area contributed by atoms with Gasteiger partial charge < -0.3 is 9.47 Å². The molecule has 0 aromatic heterocycles. The number of carbonyl (C=O) groups is 5. The number of Topliss-reactive ketones (excluding diaryl/α,β-unsaturated/α-hetero) is 1. The lowest BCUT2D eigenvalue weighted by atomic mass is 9.55. The summed E-state index contributed by atoms with van der Waals surface area (Å²) in [6.07, 6.45) is 0. The molecule has 5 aromatic rings. The number of benzene rings is 5. The van der Waals surface area contributed by atoms with Crippen LogP contribution in [0.25, 0.3) is 0 Å². The first-order valence-corrected chi connectivity index (χ1v) is 15.6. The van der Waals surface area contributed by atoms with Gasteiger partial charge in [0.25, 0.3) is 0 Å². The minimum absolute atomic E-state index is 0.0104. The van der Waals surface area contributed by atoms with E-state index in [-0.39, 0.29) is 46.2 Å². The highest BCUT2D eigenvalue weighted by Crippen LogP contribution is 2.61. The first-order chi connectivity index (χ1) is 23.4. The lowest BCUT2D eigenvalue weighted by molar-refractivity contribution is -0.122. The molecule has 1 heterocycles. The third-order valence-corrected chi connectivity index (χ3v) is 9.54. The molecule has 2 unspecified atom stereocenters. The largest absolute Gasteiger partial charge is 0.454 e. The molecule has 0 radical (unpaired) electrons. The van der Waals surface area contributed by atoms with Gasteiger partial charge in [0.05, 0.1) is 28.7 Å². The second-order valence-electron chi connectivity index (χ2n) is 12.1. The highest BCUT2D eigenvalue weighted by Gasteiger charge is 2.62. The number of nitrogens with zero attached hydrogens (tertiary/aromatic N) is 1. The van der Waals surface area contributed by atoms with Gasteiger partial charge in [-0.3, -0.25) is 14.4 Å². The zero-order valence-corrected chi connectivity index (χ0v) is 25.4. The molecule has 1 aliphatic heterocycles. The summed E-state index contributed by atoms with van der Waals surface area (Å²) in [4.78, 5) is 68.3. The van der Waals surface area contributed by atoms with Gasteiger partial charge in [0.15, 0.2) is 12.4 Å². The lowest BCUT2D eigenvalue weighted by Crippen LogP contribution is -2.41. The van der Waals surface area contributed by atoms with Crippen molar-refractivity contribution in [1.82, 2.24) is 0 Å². The van der Waals surface area contributed by atoms with Crippen LogP contribution in [-0.2, 0) is 14.3 Å². The van der Waals surface area contributed by atoms with E-state index in [1.165, 1.54) is 30.3 Å². The average molecular weight is 634 g/mol. The van der Waals surface area contributed by atoms with Gasteiger partial charge in [-0.05, 0) is 70.8 Å². The van der Waals surface area contributed by atoms with Crippen LogP contribution in [-0.4, -0.2) is 36.1 Å². The van der Waals surface area contributed by atoms with E-state index >= 15 is 0 Å². The summed E-state index contributed by atoms with van der Waals surface area (Å²) in [7, 11) is 0. The van der Waals surface area contributed by atoms with Gasteiger partial charge in [0.1, 0.15) is 5.75 Å². The number of ketones is 1. The predicted octanol–water partition coefficient (Wildman–Crippen LogP) is 6.34. The lowest BCUT2D eigenvalue weighted by Gasteiger charge is -2.45. The van der Waals surface area contributed by atoms with Crippen molar-refractivity contribution in [2.45, 2.75) is 11.8 Å². The van der Waals surface area contributed by atoms with Crippen molar-refractivity contribution in [3.8, 4) is 5.75 Å². The van der Waals surface area contributed by atoms with E-state index in [2.05, 4.69) is 0 Å². The summed E-state index contributed by atoms with van der Waals surface area (Å²) in [5, 5.41) is 0. The van der Waals surface area contributed by atoms with Crippen molar-refractivity contribution in [2.24, 2.45) is 11.8 Å². The fraction of sp³-hybridized carbons (Fsp3) is 0.125. The number of amides is 2. The van der Waals surface area contributed by atoms with Crippen LogP contribution < -0.4 is 9.64 Å². The van der Waals surface area contributed by atoms with E-state index in [9.17, 15) is 24.0 Å². The monoisotopic (exact) mass is 633 g/mol. The number of ether oxygens (including phenoxy) is 2. The number of hydrogen-bond acceptors (Lipinski definition) is 7. The molecule has 0 saturated carbocycles. The standard InChI is InChI=1S/C40H27NO7/c42-32(23-18-20-25(21-19-23)48-39(45)24-10-2-1-3-11-24)22-47-40(46)30-16-8-9-17-31(30)41-37(43)35-33-26-12-4-5-13-27(26)34(36(35)38(41)44)29-15-7-6-14-28(29)33/h1-21,33-36H,22H2. The molecule has 2 amide bonds. The Kier molecular flexibility index (Phi) is 7.06. The highest BCUT2D eigenvalue weighted by atomic mass is 16.5.